The van der Waals surface area contributed by atoms with Crippen LogP contribution in [0.3, 0.4) is 0 Å². The van der Waals surface area contributed by atoms with Gasteiger partial charge in [0.25, 0.3) is 0 Å². The zero-order valence-corrected chi connectivity index (χ0v) is 10.6. The van der Waals surface area contributed by atoms with E-state index in [0.717, 1.165) is 0 Å². The van der Waals surface area contributed by atoms with E-state index in [0.29, 0.717) is 40.4 Å². The van der Waals surface area contributed by atoms with Crippen LogP contribution in [-0.4, -0.2) is 34.7 Å². The molecule has 1 aromatic rings. The van der Waals surface area contributed by atoms with E-state index in [1.165, 1.54) is 28.4 Å². The Labute approximate surface area is 100 Å². The molecule has 0 aliphatic heterocycles. The Morgan fingerprint density at radius 3 is 1.53 bits per heavy atom. The predicted molar refractivity (Wildman–Crippen MR) is 62.8 cm³/mol. The Balaban J connectivity index is 3.72. The monoisotopic (exact) mass is 240 g/mol. The summed E-state index contributed by atoms with van der Waals surface area (Å²) in [5.74, 6) is 1.57. The van der Waals surface area contributed by atoms with Crippen molar-refractivity contribution in [1.82, 2.24) is 0 Å². The van der Waals surface area contributed by atoms with Gasteiger partial charge in [0.05, 0.1) is 34.0 Å². The zero-order valence-electron chi connectivity index (χ0n) is 10.6. The number of rotatable bonds is 5. The number of carbonyl (C=O) groups is 1. The van der Waals surface area contributed by atoms with Crippen LogP contribution >= 0.6 is 0 Å². The molecule has 0 atom stereocenters. The number of hydrogen-bond donors (Lipinski definition) is 0. The van der Waals surface area contributed by atoms with E-state index in [9.17, 15) is 4.79 Å². The molecule has 0 unspecified atom stereocenters. The maximum atomic E-state index is 11.1. The summed E-state index contributed by atoms with van der Waals surface area (Å²) in [6, 6.07) is 0. The van der Waals surface area contributed by atoms with Crippen molar-refractivity contribution >= 4 is 6.29 Å². The second-order valence-electron chi connectivity index (χ2n) is 3.29. The maximum Gasteiger partial charge on any atom is 0.208 e. The highest BCUT2D eigenvalue weighted by Crippen LogP contribution is 2.48. The molecule has 0 saturated carbocycles. The Morgan fingerprint density at radius 1 is 0.765 bits per heavy atom. The summed E-state index contributed by atoms with van der Waals surface area (Å²) in [6.45, 7) is 1.76. The van der Waals surface area contributed by atoms with E-state index in [-0.39, 0.29) is 0 Å². The molecular formula is C12H16O5. The summed E-state index contributed by atoms with van der Waals surface area (Å²) >= 11 is 0. The van der Waals surface area contributed by atoms with Crippen molar-refractivity contribution in [2.24, 2.45) is 0 Å². The molecule has 94 valence electrons. The molecule has 0 heterocycles. The third-order valence-electron chi connectivity index (χ3n) is 2.54. The van der Waals surface area contributed by atoms with Gasteiger partial charge in [-0.1, -0.05) is 0 Å². The van der Waals surface area contributed by atoms with Crippen molar-refractivity contribution in [3.8, 4) is 23.0 Å². The van der Waals surface area contributed by atoms with Crippen LogP contribution in [0, 0.1) is 6.92 Å². The fourth-order valence-electron chi connectivity index (χ4n) is 1.75. The zero-order chi connectivity index (χ0) is 13.0. The molecule has 0 radical (unpaired) electrons. The third kappa shape index (κ3) is 2.00. The van der Waals surface area contributed by atoms with Crippen LogP contribution in [0.1, 0.15) is 15.9 Å². The SMILES string of the molecule is COc1c(C)c(C=O)c(OC)c(OC)c1OC. The largest absolute Gasteiger partial charge is 0.492 e. The lowest BCUT2D eigenvalue weighted by atomic mass is 10.1. The molecule has 0 amide bonds. The lowest BCUT2D eigenvalue weighted by molar-refractivity contribution is 0.111. The Kier molecular flexibility index (Phi) is 4.20. The van der Waals surface area contributed by atoms with E-state index in [2.05, 4.69) is 0 Å². The number of carbonyl (C=O) groups excluding carboxylic acids is 1. The van der Waals surface area contributed by atoms with Gasteiger partial charge in [0.2, 0.25) is 11.5 Å². The fraction of sp³-hybridized carbons (Fsp3) is 0.417. The molecule has 0 aliphatic rings. The molecule has 5 heteroatoms. The van der Waals surface area contributed by atoms with Crippen LogP contribution in [0.15, 0.2) is 0 Å². The van der Waals surface area contributed by atoms with Crippen LogP contribution in [0.2, 0.25) is 0 Å². The highest BCUT2D eigenvalue weighted by molar-refractivity contribution is 5.87. The third-order valence-corrected chi connectivity index (χ3v) is 2.54. The summed E-state index contributed by atoms with van der Waals surface area (Å²) < 4.78 is 20.9. The first-order valence-corrected chi connectivity index (χ1v) is 4.97. The van der Waals surface area contributed by atoms with Gasteiger partial charge < -0.3 is 18.9 Å². The molecule has 0 aliphatic carbocycles. The van der Waals surface area contributed by atoms with Crippen molar-refractivity contribution in [3.63, 3.8) is 0 Å². The van der Waals surface area contributed by atoms with Gasteiger partial charge in [-0.25, -0.2) is 0 Å². The highest BCUT2D eigenvalue weighted by atomic mass is 16.5. The van der Waals surface area contributed by atoms with E-state index >= 15 is 0 Å². The van der Waals surface area contributed by atoms with Crippen LogP contribution < -0.4 is 18.9 Å². The van der Waals surface area contributed by atoms with Crippen molar-refractivity contribution in [1.29, 1.82) is 0 Å². The molecule has 1 aromatic carbocycles. The molecule has 0 bridgehead atoms. The standard InChI is InChI=1S/C12H16O5/c1-7-8(6-13)10(15-3)12(17-5)11(16-4)9(7)14-2/h6H,1-5H3. The molecule has 17 heavy (non-hydrogen) atoms. The van der Waals surface area contributed by atoms with Gasteiger partial charge in [-0.15, -0.1) is 0 Å². The molecule has 5 nitrogen and oxygen atoms in total. The first-order chi connectivity index (χ1) is 8.15. The van der Waals surface area contributed by atoms with Gasteiger partial charge in [-0.3, -0.25) is 4.79 Å². The lowest BCUT2D eigenvalue weighted by Gasteiger charge is -2.19. The highest BCUT2D eigenvalue weighted by Gasteiger charge is 2.24. The van der Waals surface area contributed by atoms with Gasteiger partial charge in [0, 0.05) is 5.56 Å². The summed E-state index contributed by atoms with van der Waals surface area (Å²) in [7, 11) is 5.95. The molecule has 0 aromatic heterocycles. The quantitative estimate of drug-likeness (QED) is 0.735. The first kappa shape index (κ1) is 13.2. The van der Waals surface area contributed by atoms with Gasteiger partial charge in [-0.05, 0) is 6.92 Å². The molecular weight excluding hydrogens is 224 g/mol. The predicted octanol–water partition coefficient (Wildman–Crippen LogP) is 1.84. The summed E-state index contributed by atoms with van der Waals surface area (Å²) in [6.07, 6.45) is 0.707. The molecule has 1 rings (SSSR count). The van der Waals surface area contributed by atoms with Crippen LogP contribution in [0.5, 0.6) is 23.0 Å². The van der Waals surface area contributed by atoms with Gasteiger partial charge in [0.1, 0.15) is 0 Å². The van der Waals surface area contributed by atoms with E-state index in [1.54, 1.807) is 6.92 Å². The number of ether oxygens (including phenoxy) is 4. The van der Waals surface area contributed by atoms with Crippen molar-refractivity contribution in [2.75, 3.05) is 28.4 Å². The topological polar surface area (TPSA) is 54.0 Å². The Hall–Kier alpha value is -1.91. The number of aldehydes is 1. The van der Waals surface area contributed by atoms with E-state index in [1.807, 2.05) is 0 Å². The maximum absolute atomic E-state index is 11.1. The van der Waals surface area contributed by atoms with Gasteiger partial charge in [-0.2, -0.15) is 0 Å². The van der Waals surface area contributed by atoms with Gasteiger partial charge in [0.15, 0.2) is 17.8 Å². The smallest absolute Gasteiger partial charge is 0.208 e. The van der Waals surface area contributed by atoms with Gasteiger partial charge >= 0.3 is 0 Å². The van der Waals surface area contributed by atoms with Crippen LogP contribution in [0.25, 0.3) is 0 Å². The molecule has 0 spiro atoms. The van der Waals surface area contributed by atoms with Crippen LogP contribution in [-0.2, 0) is 0 Å². The summed E-state index contributed by atoms with van der Waals surface area (Å²) in [5.41, 5.74) is 1.04. The lowest BCUT2D eigenvalue weighted by Crippen LogP contribution is -2.04. The van der Waals surface area contributed by atoms with Crippen molar-refractivity contribution in [2.45, 2.75) is 6.92 Å². The number of benzene rings is 1. The average Bonchev–Trinajstić information content (AvgIpc) is 2.36. The molecule has 0 fully saturated rings. The minimum atomic E-state index is 0.345. The molecule has 0 saturated heterocycles. The minimum absolute atomic E-state index is 0.345. The van der Waals surface area contributed by atoms with E-state index in [4.69, 9.17) is 18.9 Å². The first-order valence-electron chi connectivity index (χ1n) is 4.97. The molecule has 0 N–H and O–H groups in total. The Bertz CT molecular complexity index is 426. The minimum Gasteiger partial charge on any atom is -0.492 e. The van der Waals surface area contributed by atoms with E-state index < -0.39 is 0 Å². The second-order valence-corrected chi connectivity index (χ2v) is 3.29. The van der Waals surface area contributed by atoms with Crippen LogP contribution in [0.4, 0.5) is 0 Å². The summed E-state index contributed by atoms with van der Waals surface area (Å²) in [5, 5.41) is 0. The Morgan fingerprint density at radius 2 is 1.18 bits per heavy atom. The van der Waals surface area contributed by atoms with Crippen molar-refractivity contribution < 1.29 is 23.7 Å². The normalized spacial score (nSPS) is 9.71. The summed E-state index contributed by atoms with van der Waals surface area (Å²) in [4.78, 5) is 11.1. The second kappa shape index (κ2) is 5.43. The van der Waals surface area contributed by atoms with Crippen molar-refractivity contribution in [3.05, 3.63) is 11.1 Å². The number of methoxy groups -OCH3 is 4. The average molecular weight is 240 g/mol. The fourth-order valence-corrected chi connectivity index (χ4v) is 1.75. The number of hydrogen-bond acceptors (Lipinski definition) is 5.